The van der Waals surface area contributed by atoms with Crippen molar-refractivity contribution in [3.63, 3.8) is 0 Å². The summed E-state index contributed by atoms with van der Waals surface area (Å²) in [7, 11) is -0.397. The van der Waals surface area contributed by atoms with Crippen molar-refractivity contribution in [2.24, 2.45) is 0 Å². The molecule has 1 heterocycles. The first-order valence-corrected chi connectivity index (χ1v) is 8.93. The van der Waals surface area contributed by atoms with E-state index in [0.29, 0.717) is 5.69 Å². The van der Waals surface area contributed by atoms with Crippen molar-refractivity contribution in [3.8, 4) is 0 Å². The summed E-state index contributed by atoms with van der Waals surface area (Å²) in [5.41, 5.74) is 1.86. The fourth-order valence-corrected chi connectivity index (χ4v) is 3.11. The van der Waals surface area contributed by atoms with Gasteiger partial charge in [-0.05, 0) is 63.0 Å². The molecule has 21 heavy (non-hydrogen) atoms. The van der Waals surface area contributed by atoms with Gasteiger partial charge in [0.15, 0.2) is 0 Å². The average molecular weight is 311 g/mol. The van der Waals surface area contributed by atoms with Gasteiger partial charge >= 0.3 is 10.2 Å². The van der Waals surface area contributed by atoms with Crippen molar-refractivity contribution in [2.75, 3.05) is 38.5 Å². The molecule has 0 saturated carbocycles. The second-order valence-electron chi connectivity index (χ2n) is 5.74. The van der Waals surface area contributed by atoms with Crippen molar-refractivity contribution in [1.82, 2.24) is 9.21 Å². The van der Waals surface area contributed by atoms with Crippen LogP contribution in [0, 0.1) is 0 Å². The second kappa shape index (κ2) is 7.24. The van der Waals surface area contributed by atoms with Gasteiger partial charge in [-0.15, -0.1) is 0 Å². The van der Waals surface area contributed by atoms with Gasteiger partial charge in [0.05, 0.1) is 0 Å². The Hall–Kier alpha value is -1.11. The smallest absolute Gasteiger partial charge is 0.301 e. The largest absolute Gasteiger partial charge is 0.303 e. The third-order valence-corrected chi connectivity index (χ3v) is 5.28. The minimum absolute atomic E-state index is 0.604. The van der Waals surface area contributed by atoms with Crippen molar-refractivity contribution >= 4 is 15.9 Å². The molecule has 1 aromatic rings. The molecule has 1 aromatic carbocycles. The molecule has 0 spiro atoms. The van der Waals surface area contributed by atoms with Gasteiger partial charge in [0, 0.05) is 19.8 Å². The maximum Gasteiger partial charge on any atom is 0.301 e. The van der Waals surface area contributed by atoms with Crippen LogP contribution in [0.4, 0.5) is 5.69 Å². The molecule has 0 aliphatic carbocycles. The average Bonchev–Trinajstić information content (AvgIpc) is 2.93. The lowest BCUT2D eigenvalue weighted by Crippen LogP contribution is -2.28. The summed E-state index contributed by atoms with van der Waals surface area (Å²) in [6, 6.07) is 7.65. The van der Waals surface area contributed by atoms with E-state index in [9.17, 15) is 8.42 Å². The number of benzene rings is 1. The molecule has 5 nitrogen and oxygen atoms in total. The van der Waals surface area contributed by atoms with Crippen LogP contribution in [0.25, 0.3) is 0 Å². The monoisotopic (exact) mass is 311 g/mol. The Bertz CT molecular complexity index is 535. The fraction of sp³-hybridized carbons (Fsp3) is 0.600. The maximum absolute atomic E-state index is 11.7. The minimum atomic E-state index is -3.42. The summed E-state index contributed by atoms with van der Waals surface area (Å²) >= 11 is 0. The summed E-state index contributed by atoms with van der Waals surface area (Å²) in [5.74, 6) is 0. The number of nitrogens with one attached hydrogen (secondary N) is 1. The molecule has 1 aliphatic rings. The second-order valence-corrected chi connectivity index (χ2v) is 7.62. The van der Waals surface area contributed by atoms with E-state index in [1.54, 1.807) is 0 Å². The number of hydrogen-bond donors (Lipinski definition) is 1. The van der Waals surface area contributed by atoms with E-state index >= 15 is 0 Å². The van der Waals surface area contributed by atoms with Crippen LogP contribution in [0.5, 0.6) is 0 Å². The SMILES string of the molecule is CN(C)S(=O)(=O)Nc1ccc(CCCN2CCCC2)cc1. The lowest BCUT2D eigenvalue weighted by Gasteiger charge is -2.15. The Balaban J connectivity index is 1.81. The van der Waals surface area contributed by atoms with E-state index in [4.69, 9.17) is 0 Å². The molecule has 0 aromatic heterocycles. The molecule has 1 fully saturated rings. The van der Waals surface area contributed by atoms with E-state index < -0.39 is 10.2 Å². The van der Waals surface area contributed by atoms with Crippen molar-refractivity contribution in [1.29, 1.82) is 0 Å². The quantitative estimate of drug-likeness (QED) is 0.837. The molecule has 6 heteroatoms. The van der Waals surface area contributed by atoms with Crippen LogP contribution in [-0.2, 0) is 16.6 Å². The summed E-state index contributed by atoms with van der Waals surface area (Å²) in [4.78, 5) is 2.51. The van der Waals surface area contributed by atoms with Gasteiger partial charge in [0.25, 0.3) is 0 Å². The van der Waals surface area contributed by atoms with Gasteiger partial charge in [-0.25, -0.2) is 0 Å². The molecule has 0 unspecified atom stereocenters. The van der Waals surface area contributed by atoms with Crippen LogP contribution in [0.2, 0.25) is 0 Å². The molecule has 0 atom stereocenters. The Kier molecular flexibility index (Phi) is 5.61. The van der Waals surface area contributed by atoms with Crippen molar-refractivity contribution < 1.29 is 8.42 Å². The predicted octanol–water partition coefficient (Wildman–Crippen LogP) is 1.93. The topological polar surface area (TPSA) is 52.7 Å². The highest BCUT2D eigenvalue weighted by Crippen LogP contribution is 2.14. The minimum Gasteiger partial charge on any atom is -0.303 e. The van der Waals surface area contributed by atoms with Gasteiger partial charge in [-0.2, -0.15) is 12.7 Å². The lowest BCUT2D eigenvalue weighted by molar-refractivity contribution is 0.334. The van der Waals surface area contributed by atoms with E-state index in [-0.39, 0.29) is 0 Å². The van der Waals surface area contributed by atoms with Crippen LogP contribution in [0.3, 0.4) is 0 Å². The van der Waals surface area contributed by atoms with E-state index in [1.807, 2.05) is 24.3 Å². The van der Waals surface area contributed by atoms with Crippen molar-refractivity contribution in [2.45, 2.75) is 25.7 Å². The number of hydrogen-bond acceptors (Lipinski definition) is 3. The van der Waals surface area contributed by atoms with Crippen LogP contribution >= 0.6 is 0 Å². The third kappa shape index (κ3) is 4.98. The number of aryl methyl sites for hydroxylation is 1. The van der Waals surface area contributed by atoms with Gasteiger partial charge in [0.1, 0.15) is 0 Å². The normalized spacial score (nSPS) is 16.5. The zero-order valence-electron chi connectivity index (χ0n) is 12.9. The highest BCUT2D eigenvalue weighted by Gasteiger charge is 2.13. The molecule has 118 valence electrons. The highest BCUT2D eigenvalue weighted by atomic mass is 32.2. The van der Waals surface area contributed by atoms with Crippen LogP contribution in [-0.4, -0.2) is 51.4 Å². The Morgan fingerprint density at radius 1 is 1.14 bits per heavy atom. The molecule has 2 rings (SSSR count). The number of rotatable bonds is 7. The lowest BCUT2D eigenvalue weighted by atomic mass is 10.1. The van der Waals surface area contributed by atoms with E-state index in [2.05, 4.69) is 9.62 Å². The molecule has 1 N–H and O–H groups in total. The van der Waals surface area contributed by atoms with Gasteiger partial charge < -0.3 is 4.90 Å². The first-order valence-electron chi connectivity index (χ1n) is 7.49. The molecule has 0 amide bonds. The Morgan fingerprint density at radius 2 is 1.76 bits per heavy atom. The van der Waals surface area contributed by atoms with Crippen LogP contribution in [0.1, 0.15) is 24.8 Å². The first-order chi connectivity index (χ1) is 9.97. The van der Waals surface area contributed by atoms with Crippen LogP contribution in [0.15, 0.2) is 24.3 Å². The molecule has 1 saturated heterocycles. The zero-order valence-corrected chi connectivity index (χ0v) is 13.7. The standard InChI is InChI=1S/C15H25N3O2S/c1-17(2)21(19,20)16-15-9-7-14(8-10-15)6-5-13-18-11-3-4-12-18/h7-10,16H,3-6,11-13H2,1-2H3. The van der Waals surface area contributed by atoms with E-state index in [0.717, 1.165) is 23.7 Å². The first kappa shape index (κ1) is 16.3. The molecule has 0 bridgehead atoms. The summed E-state index contributed by atoms with van der Waals surface area (Å²) in [6.45, 7) is 3.64. The summed E-state index contributed by atoms with van der Waals surface area (Å²) < 4.78 is 27.1. The van der Waals surface area contributed by atoms with Crippen LogP contribution < -0.4 is 4.72 Å². The molecule has 0 radical (unpaired) electrons. The maximum atomic E-state index is 11.7. The van der Waals surface area contributed by atoms with E-state index in [1.165, 1.54) is 45.6 Å². The Morgan fingerprint density at radius 3 is 2.33 bits per heavy atom. The molecule has 1 aliphatic heterocycles. The highest BCUT2D eigenvalue weighted by molar-refractivity contribution is 7.90. The van der Waals surface area contributed by atoms with Gasteiger partial charge in [-0.3, -0.25) is 4.72 Å². The third-order valence-electron chi connectivity index (χ3n) is 3.82. The Labute approximate surface area is 128 Å². The molecular weight excluding hydrogens is 286 g/mol. The number of nitrogens with zero attached hydrogens (tertiary/aromatic N) is 2. The summed E-state index contributed by atoms with van der Waals surface area (Å²) in [5, 5.41) is 0. The fourth-order valence-electron chi connectivity index (χ4n) is 2.49. The van der Waals surface area contributed by atoms with Crippen molar-refractivity contribution in [3.05, 3.63) is 29.8 Å². The van der Waals surface area contributed by atoms with Gasteiger partial charge in [-0.1, -0.05) is 12.1 Å². The number of likely N-dealkylation sites (tertiary alicyclic amines) is 1. The summed E-state index contributed by atoms with van der Waals surface area (Å²) in [6.07, 6.45) is 4.86. The zero-order chi connectivity index (χ0) is 15.3. The predicted molar refractivity (Wildman–Crippen MR) is 86.7 cm³/mol. The molecular formula is C15H25N3O2S. The van der Waals surface area contributed by atoms with Gasteiger partial charge in [0.2, 0.25) is 0 Å². The number of anilines is 1.